The second-order valence-corrected chi connectivity index (χ2v) is 8.86. The van der Waals surface area contributed by atoms with E-state index in [0.29, 0.717) is 5.92 Å². The van der Waals surface area contributed by atoms with Crippen molar-refractivity contribution in [2.24, 2.45) is 10.9 Å². The van der Waals surface area contributed by atoms with Gasteiger partial charge in [0.05, 0.1) is 6.54 Å². The molecule has 3 heterocycles. The summed E-state index contributed by atoms with van der Waals surface area (Å²) in [7, 11) is 3.56. The summed E-state index contributed by atoms with van der Waals surface area (Å²) in [5.41, 5.74) is 0. The molecule has 2 aliphatic heterocycles. The average Bonchev–Trinajstić information content (AvgIpc) is 3.34. The molecule has 0 bridgehead atoms. The van der Waals surface area contributed by atoms with Gasteiger partial charge in [0.15, 0.2) is 5.96 Å². The molecule has 1 aromatic rings. The van der Waals surface area contributed by atoms with Gasteiger partial charge in [-0.15, -0.1) is 11.3 Å². The van der Waals surface area contributed by atoms with Crippen LogP contribution in [0.15, 0.2) is 22.5 Å². The maximum atomic E-state index is 12.0. The lowest BCUT2D eigenvalue weighted by Gasteiger charge is -2.29. The summed E-state index contributed by atoms with van der Waals surface area (Å²) in [5, 5.41) is 5.58. The van der Waals surface area contributed by atoms with E-state index in [9.17, 15) is 4.79 Å². The Morgan fingerprint density at radius 3 is 2.81 bits per heavy atom. The number of carbonyl (C=O) groups is 1. The van der Waals surface area contributed by atoms with Gasteiger partial charge in [0.2, 0.25) is 5.91 Å². The van der Waals surface area contributed by atoms with Crippen molar-refractivity contribution >= 4 is 23.2 Å². The predicted octanol–water partition coefficient (Wildman–Crippen LogP) is 2.09. The number of rotatable bonds is 6. The number of hydrogen-bond donors (Lipinski definition) is 1. The number of thiophene rings is 1. The number of amides is 1. The van der Waals surface area contributed by atoms with E-state index in [4.69, 9.17) is 0 Å². The molecular weight excluding hydrogens is 358 g/mol. The van der Waals surface area contributed by atoms with Crippen LogP contribution in [0.1, 0.15) is 30.6 Å². The van der Waals surface area contributed by atoms with Crippen LogP contribution in [-0.2, 0) is 11.3 Å². The number of likely N-dealkylation sites (N-methyl/N-ethyl adjacent to an activating group) is 1. The molecule has 1 N–H and O–H groups in total. The molecule has 0 aliphatic carbocycles. The van der Waals surface area contributed by atoms with Crippen molar-refractivity contribution in [1.29, 1.82) is 0 Å². The standard InChI is InChI=1S/C20H33N5OS/c1-23(2)19(26)14-22-20(21-13-18-7-6-12-27-18)25-11-8-17(16-25)15-24-9-4-3-5-10-24/h6-7,12,17H,3-5,8-11,13-16H2,1-2H3,(H,21,22). The molecule has 0 aromatic carbocycles. The molecule has 1 atom stereocenters. The topological polar surface area (TPSA) is 51.2 Å². The third-order valence-electron chi connectivity index (χ3n) is 5.41. The maximum absolute atomic E-state index is 12.0. The minimum atomic E-state index is 0.0366. The van der Waals surface area contributed by atoms with Crippen LogP contribution in [0.3, 0.4) is 0 Å². The number of aliphatic imine (C=N–C) groups is 1. The van der Waals surface area contributed by atoms with E-state index in [1.54, 1.807) is 30.3 Å². The molecule has 0 spiro atoms. The number of likely N-dealkylation sites (tertiary alicyclic amines) is 2. The molecule has 0 radical (unpaired) electrons. The minimum absolute atomic E-state index is 0.0366. The molecule has 1 amide bonds. The van der Waals surface area contributed by atoms with E-state index >= 15 is 0 Å². The summed E-state index contributed by atoms with van der Waals surface area (Å²) in [6.07, 6.45) is 5.28. The highest BCUT2D eigenvalue weighted by Gasteiger charge is 2.27. The zero-order valence-electron chi connectivity index (χ0n) is 16.7. The summed E-state index contributed by atoms with van der Waals surface area (Å²) >= 11 is 1.74. The van der Waals surface area contributed by atoms with Crippen molar-refractivity contribution in [3.05, 3.63) is 22.4 Å². The van der Waals surface area contributed by atoms with Gasteiger partial charge >= 0.3 is 0 Å². The van der Waals surface area contributed by atoms with Crippen molar-refractivity contribution in [3.63, 3.8) is 0 Å². The van der Waals surface area contributed by atoms with Gasteiger partial charge in [0.25, 0.3) is 0 Å². The monoisotopic (exact) mass is 391 g/mol. The molecule has 2 saturated heterocycles. The van der Waals surface area contributed by atoms with Crippen LogP contribution in [0.25, 0.3) is 0 Å². The molecule has 3 rings (SSSR count). The van der Waals surface area contributed by atoms with Crippen LogP contribution in [-0.4, -0.2) is 79.9 Å². The number of carbonyl (C=O) groups excluding carboxylic acids is 1. The van der Waals surface area contributed by atoms with Gasteiger partial charge < -0.3 is 20.0 Å². The van der Waals surface area contributed by atoms with E-state index in [-0.39, 0.29) is 12.5 Å². The Balaban J connectivity index is 1.57. The molecule has 1 unspecified atom stereocenters. The minimum Gasteiger partial charge on any atom is -0.351 e. The highest BCUT2D eigenvalue weighted by atomic mass is 32.1. The largest absolute Gasteiger partial charge is 0.351 e. The highest BCUT2D eigenvalue weighted by molar-refractivity contribution is 7.09. The Labute approximate surface area is 167 Å². The average molecular weight is 392 g/mol. The van der Waals surface area contributed by atoms with Gasteiger partial charge in [0.1, 0.15) is 6.54 Å². The Morgan fingerprint density at radius 2 is 2.11 bits per heavy atom. The number of piperidine rings is 1. The van der Waals surface area contributed by atoms with Gasteiger partial charge in [-0.3, -0.25) is 4.79 Å². The lowest BCUT2D eigenvalue weighted by atomic mass is 10.1. The summed E-state index contributed by atoms with van der Waals surface area (Å²) in [6, 6.07) is 4.20. The summed E-state index contributed by atoms with van der Waals surface area (Å²) < 4.78 is 0. The van der Waals surface area contributed by atoms with Crippen LogP contribution in [0.4, 0.5) is 0 Å². The van der Waals surface area contributed by atoms with E-state index in [2.05, 4.69) is 37.6 Å². The van der Waals surface area contributed by atoms with Crippen LogP contribution in [0.2, 0.25) is 0 Å². The lowest BCUT2D eigenvalue weighted by molar-refractivity contribution is -0.127. The van der Waals surface area contributed by atoms with Gasteiger partial charge in [0, 0.05) is 38.6 Å². The number of guanidine groups is 1. The highest BCUT2D eigenvalue weighted by Crippen LogP contribution is 2.20. The van der Waals surface area contributed by atoms with E-state index < -0.39 is 0 Å². The first-order valence-corrected chi connectivity index (χ1v) is 11.0. The van der Waals surface area contributed by atoms with Gasteiger partial charge in [-0.25, -0.2) is 4.99 Å². The van der Waals surface area contributed by atoms with Crippen molar-refractivity contribution in [2.45, 2.75) is 32.2 Å². The molecule has 27 heavy (non-hydrogen) atoms. The molecule has 7 heteroatoms. The summed E-state index contributed by atoms with van der Waals surface area (Å²) in [5.74, 6) is 1.61. The molecule has 1 aromatic heterocycles. The normalized spacial score (nSPS) is 21.5. The number of nitrogens with one attached hydrogen (secondary N) is 1. The van der Waals surface area contributed by atoms with E-state index in [1.807, 2.05) is 0 Å². The van der Waals surface area contributed by atoms with Crippen molar-refractivity contribution in [3.8, 4) is 0 Å². The quantitative estimate of drug-likeness (QED) is 0.596. The fourth-order valence-electron chi connectivity index (χ4n) is 3.81. The van der Waals surface area contributed by atoms with Crippen LogP contribution < -0.4 is 5.32 Å². The summed E-state index contributed by atoms with van der Waals surface area (Å²) in [4.78, 5) is 24.5. The Bertz CT molecular complexity index is 610. The molecule has 2 aliphatic rings. The number of hydrogen-bond acceptors (Lipinski definition) is 4. The van der Waals surface area contributed by atoms with Crippen LogP contribution in [0, 0.1) is 5.92 Å². The van der Waals surface area contributed by atoms with Crippen molar-refractivity contribution in [2.75, 3.05) is 53.4 Å². The van der Waals surface area contributed by atoms with Gasteiger partial charge in [-0.1, -0.05) is 12.5 Å². The zero-order chi connectivity index (χ0) is 19.1. The Morgan fingerprint density at radius 1 is 1.30 bits per heavy atom. The first kappa shape index (κ1) is 20.1. The fourth-order valence-corrected chi connectivity index (χ4v) is 4.46. The van der Waals surface area contributed by atoms with E-state index in [1.165, 1.54) is 50.2 Å². The van der Waals surface area contributed by atoms with Gasteiger partial charge in [-0.2, -0.15) is 0 Å². The van der Waals surface area contributed by atoms with E-state index in [0.717, 1.165) is 25.6 Å². The smallest absolute Gasteiger partial charge is 0.243 e. The second-order valence-electron chi connectivity index (χ2n) is 7.82. The molecule has 6 nitrogen and oxygen atoms in total. The number of nitrogens with zero attached hydrogens (tertiary/aromatic N) is 4. The lowest BCUT2D eigenvalue weighted by Crippen LogP contribution is -2.41. The SMILES string of the molecule is CN(C)C(=O)CN=C(NCc1cccs1)N1CCC(CN2CCCCC2)C1. The maximum Gasteiger partial charge on any atom is 0.243 e. The Kier molecular flexibility index (Phi) is 7.52. The van der Waals surface area contributed by atoms with Crippen molar-refractivity contribution < 1.29 is 4.79 Å². The van der Waals surface area contributed by atoms with Crippen LogP contribution >= 0.6 is 11.3 Å². The van der Waals surface area contributed by atoms with Crippen molar-refractivity contribution in [1.82, 2.24) is 20.0 Å². The first-order valence-electron chi connectivity index (χ1n) is 10.1. The molecule has 2 fully saturated rings. The first-order chi connectivity index (χ1) is 13.1. The Hall–Kier alpha value is -1.60. The third kappa shape index (κ3) is 6.21. The van der Waals surface area contributed by atoms with Gasteiger partial charge in [-0.05, 0) is 49.7 Å². The zero-order valence-corrected chi connectivity index (χ0v) is 17.5. The predicted molar refractivity (Wildman–Crippen MR) is 112 cm³/mol. The third-order valence-corrected chi connectivity index (χ3v) is 6.29. The fraction of sp³-hybridized carbons (Fsp3) is 0.700. The second kappa shape index (κ2) is 10.1. The summed E-state index contributed by atoms with van der Waals surface area (Å²) in [6.45, 7) is 6.73. The molecular formula is C20H33N5OS. The molecule has 150 valence electrons. The van der Waals surface area contributed by atoms with Crippen LogP contribution in [0.5, 0.6) is 0 Å². The molecule has 0 saturated carbocycles.